The third-order valence-corrected chi connectivity index (χ3v) is 2.48. The van der Waals surface area contributed by atoms with Crippen LogP contribution in [0.5, 0.6) is 0 Å². The fraction of sp³-hybridized carbons (Fsp3) is 0.222. The molecule has 15 heavy (non-hydrogen) atoms. The number of nitrogens with zero attached hydrogens (tertiary/aromatic N) is 2. The van der Waals surface area contributed by atoms with Crippen LogP contribution in [0.25, 0.3) is 0 Å². The SMILES string of the molecule is Fc1cccc(Cl)c1CC1N=NC(=S)O1. The molecule has 0 bridgehead atoms. The second-order valence-electron chi connectivity index (χ2n) is 2.96. The molecule has 1 aliphatic heterocycles. The predicted molar refractivity (Wildman–Crippen MR) is 57.4 cm³/mol. The maximum Gasteiger partial charge on any atom is 0.304 e. The van der Waals surface area contributed by atoms with E-state index in [4.69, 9.17) is 16.3 Å². The van der Waals surface area contributed by atoms with Gasteiger partial charge in [0.2, 0.25) is 6.23 Å². The summed E-state index contributed by atoms with van der Waals surface area (Å²) in [6.45, 7) is 0. The van der Waals surface area contributed by atoms with Crippen molar-refractivity contribution in [2.75, 3.05) is 0 Å². The highest BCUT2D eigenvalue weighted by atomic mass is 35.5. The van der Waals surface area contributed by atoms with Gasteiger partial charge in [-0.3, -0.25) is 0 Å². The minimum absolute atomic E-state index is 0.0764. The van der Waals surface area contributed by atoms with Gasteiger partial charge < -0.3 is 4.74 Å². The molecule has 1 unspecified atom stereocenters. The quantitative estimate of drug-likeness (QED) is 0.749. The Labute approximate surface area is 95.9 Å². The number of ether oxygens (including phenoxy) is 1. The van der Waals surface area contributed by atoms with Gasteiger partial charge in [0.05, 0.1) is 0 Å². The topological polar surface area (TPSA) is 34.0 Å². The highest BCUT2D eigenvalue weighted by molar-refractivity contribution is 7.80. The van der Waals surface area contributed by atoms with Crippen molar-refractivity contribution in [1.82, 2.24) is 0 Å². The lowest BCUT2D eigenvalue weighted by molar-refractivity contribution is 0.220. The lowest BCUT2D eigenvalue weighted by Gasteiger charge is -2.08. The summed E-state index contributed by atoms with van der Waals surface area (Å²) in [4.78, 5) is 0. The van der Waals surface area contributed by atoms with Crippen molar-refractivity contribution in [3.63, 3.8) is 0 Å². The molecule has 0 radical (unpaired) electrons. The van der Waals surface area contributed by atoms with Gasteiger partial charge in [0.15, 0.2) is 0 Å². The van der Waals surface area contributed by atoms with Gasteiger partial charge in [-0.25, -0.2) is 4.39 Å². The molecule has 1 aromatic rings. The summed E-state index contributed by atoms with van der Waals surface area (Å²) in [5, 5.41) is 7.70. The lowest BCUT2D eigenvalue weighted by Crippen LogP contribution is -2.11. The summed E-state index contributed by atoms with van der Waals surface area (Å²) in [6.07, 6.45) is -0.332. The lowest BCUT2D eigenvalue weighted by atomic mass is 10.1. The molecule has 1 aliphatic rings. The smallest absolute Gasteiger partial charge is 0.304 e. The maximum atomic E-state index is 13.4. The molecule has 0 saturated carbocycles. The Bertz CT molecular complexity index is 418. The zero-order chi connectivity index (χ0) is 10.8. The van der Waals surface area contributed by atoms with Crippen LogP contribution in [0.1, 0.15) is 5.56 Å². The molecule has 0 aliphatic carbocycles. The summed E-state index contributed by atoms with van der Waals surface area (Å²) >= 11 is 10.5. The number of hydrogen-bond acceptors (Lipinski definition) is 3. The van der Waals surface area contributed by atoms with Crippen molar-refractivity contribution in [3.8, 4) is 0 Å². The number of rotatable bonds is 2. The van der Waals surface area contributed by atoms with Crippen molar-refractivity contribution in [2.24, 2.45) is 10.2 Å². The molecule has 0 aromatic heterocycles. The van der Waals surface area contributed by atoms with Gasteiger partial charge in [0.1, 0.15) is 5.82 Å². The standard InChI is InChI=1S/C9H6ClFN2OS/c10-6-2-1-3-7(11)5(6)4-8-12-13-9(15)14-8/h1-3,8H,4H2. The summed E-state index contributed by atoms with van der Waals surface area (Å²) in [7, 11) is 0. The molecular weight excluding hydrogens is 239 g/mol. The molecular formula is C9H6ClFN2OS. The Balaban J connectivity index is 2.18. The molecule has 78 valence electrons. The molecule has 0 saturated heterocycles. The van der Waals surface area contributed by atoms with Crippen molar-refractivity contribution in [1.29, 1.82) is 0 Å². The monoisotopic (exact) mass is 244 g/mol. The van der Waals surface area contributed by atoms with Crippen LogP contribution in [0, 0.1) is 5.82 Å². The highest BCUT2D eigenvalue weighted by Crippen LogP contribution is 2.23. The van der Waals surface area contributed by atoms with E-state index in [-0.39, 0.29) is 17.4 Å². The third-order valence-electron chi connectivity index (χ3n) is 1.95. The van der Waals surface area contributed by atoms with E-state index in [2.05, 4.69) is 22.4 Å². The second kappa shape index (κ2) is 4.20. The van der Waals surface area contributed by atoms with Crippen molar-refractivity contribution < 1.29 is 9.13 Å². The van der Waals surface area contributed by atoms with E-state index in [0.717, 1.165) is 0 Å². The van der Waals surface area contributed by atoms with Crippen LogP contribution in [-0.4, -0.2) is 11.4 Å². The molecule has 6 heteroatoms. The fourth-order valence-corrected chi connectivity index (χ4v) is 1.66. The molecule has 1 aromatic carbocycles. The van der Waals surface area contributed by atoms with Gasteiger partial charge in [-0.15, -0.1) is 10.2 Å². The predicted octanol–water partition coefficient (Wildman–Crippen LogP) is 3.12. The average Bonchev–Trinajstić information content (AvgIpc) is 2.58. The normalized spacial score (nSPS) is 19.3. The Morgan fingerprint density at radius 1 is 1.53 bits per heavy atom. The Hall–Kier alpha value is -1.07. The van der Waals surface area contributed by atoms with Crippen LogP contribution in [0.4, 0.5) is 4.39 Å². The summed E-state index contributed by atoms with van der Waals surface area (Å²) in [5.41, 5.74) is 0.368. The minimum Gasteiger partial charge on any atom is -0.440 e. The number of hydrogen-bond donors (Lipinski definition) is 0. The minimum atomic E-state index is -0.563. The Kier molecular flexibility index (Phi) is 2.93. The second-order valence-corrected chi connectivity index (χ2v) is 3.71. The first-order valence-electron chi connectivity index (χ1n) is 4.21. The first-order chi connectivity index (χ1) is 7.16. The van der Waals surface area contributed by atoms with Gasteiger partial charge in [-0.1, -0.05) is 17.7 Å². The Morgan fingerprint density at radius 3 is 2.93 bits per heavy atom. The van der Waals surface area contributed by atoms with Gasteiger partial charge in [-0.05, 0) is 24.4 Å². The molecule has 2 rings (SSSR count). The zero-order valence-electron chi connectivity index (χ0n) is 7.48. The largest absolute Gasteiger partial charge is 0.440 e. The zero-order valence-corrected chi connectivity index (χ0v) is 9.06. The van der Waals surface area contributed by atoms with E-state index in [1.54, 1.807) is 12.1 Å². The summed E-state index contributed by atoms with van der Waals surface area (Å²) in [6, 6.07) is 4.50. The van der Waals surface area contributed by atoms with E-state index in [9.17, 15) is 4.39 Å². The van der Waals surface area contributed by atoms with E-state index < -0.39 is 6.23 Å². The molecule has 0 fully saturated rings. The molecule has 3 nitrogen and oxygen atoms in total. The van der Waals surface area contributed by atoms with Crippen LogP contribution in [0.2, 0.25) is 5.02 Å². The Morgan fingerprint density at radius 2 is 2.33 bits per heavy atom. The van der Waals surface area contributed by atoms with Crippen LogP contribution in [-0.2, 0) is 11.2 Å². The fourth-order valence-electron chi connectivity index (χ4n) is 1.26. The molecule has 0 amide bonds. The van der Waals surface area contributed by atoms with E-state index in [1.165, 1.54) is 6.07 Å². The molecule has 1 heterocycles. The number of azo groups is 1. The van der Waals surface area contributed by atoms with Crippen molar-refractivity contribution in [3.05, 3.63) is 34.6 Å². The van der Waals surface area contributed by atoms with Gasteiger partial charge in [0.25, 0.3) is 0 Å². The van der Waals surface area contributed by atoms with E-state index >= 15 is 0 Å². The van der Waals surface area contributed by atoms with Crippen LogP contribution < -0.4 is 0 Å². The van der Waals surface area contributed by atoms with E-state index in [0.29, 0.717) is 10.6 Å². The van der Waals surface area contributed by atoms with Crippen LogP contribution in [0.3, 0.4) is 0 Å². The van der Waals surface area contributed by atoms with Gasteiger partial charge in [0, 0.05) is 17.0 Å². The van der Waals surface area contributed by atoms with Crippen LogP contribution >= 0.6 is 23.8 Å². The first kappa shape index (κ1) is 10.4. The van der Waals surface area contributed by atoms with Gasteiger partial charge >= 0.3 is 5.17 Å². The van der Waals surface area contributed by atoms with Gasteiger partial charge in [-0.2, -0.15) is 0 Å². The molecule has 1 atom stereocenters. The average molecular weight is 245 g/mol. The third kappa shape index (κ3) is 2.30. The molecule has 0 N–H and O–H groups in total. The number of benzene rings is 1. The van der Waals surface area contributed by atoms with Crippen molar-refractivity contribution >= 4 is 29.0 Å². The summed E-state index contributed by atoms with van der Waals surface area (Å²) < 4.78 is 18.4. The van der Waals surface area contributed by atoms with Crippen LogP contribution in [0.15, 0.2) is 28.4 Å². The number of halogens is 2. The summed E-state index contributed by atoms with van der Waals surface area (Å²) in [5.74, 6) is -0.376. The number of thiocarbonyl (C=S) groups is 1. The highest BCUT2D eigenvalue weighted by Gasteiger charge is 2.20. The van der Waals surface area contributed by atoms with E-state index in [1.807, 2.05) is 0 Å². The first-order valence-corrected chi connectivity index (χ1v) is 5.00. The van der Waals surface area contributed by atoms with Crippen molar-refractivity contribution in [2.45, 2.75) is 12.6 Å². The maximum absolute atomic E-state index is 13.4. The molecule has 0 spiro atoms.